The Hall–Kier alpha value is -0.960. The fourth-order valence-electron chi connectivity index (χ4n) is 1.76. The van der Waals surface area contributed by atoms with Crippen LogP contribution >= 0.6 is 0 Å². The summed E-state index contributed by atoms with van der Waals surface area (Å²) in [6, 6.07) is 0. The molecule has 0 saturated carbocycles. The quantitative estimate of drug-likeness (QED) is 0.728. The minimum absolute atomic E-state index is 0.660. The fraction of sp³-hybridized carbons (Fsp3) is 0.600. The van der Waals surface area contributed by atoms with Gasteiger partial charge in [-0.15, -0.1) is 0 Å². The Kier molecular flexibility index (Phi) is 2.54. The van der Waals surface area contributed by atoms with E-state index in [-0.39, 0.29) is 0 Å². The standard InChI is InChI=1S/C10H15N3/c11-6-5-8-7-12-9-3-1-2-4-10(9)13-8/h7H,1-6,11H2. The van der Waals surface area contributed by atoms with Gasteiger partial charge in [-0.05, 0) is 32.2 Å². The van der Waals surface area contributed by atoms with Crippen molar-refractivity contribution in [2.75, 3.05) is 6.54 Å². The van der Waals surface area contributed by atoms with Gasteiger partial charge in [-0.2, -0.15) is 0 Å². The van der Waals surface area contributed by atoms with E-state index in [0.717, 1.165) is 25.0 Å². The van der Waals surface area contributed by atoms with E-state index in [4.69, 9.17) is 5.73 Å². The highest BCUT2D eigenvalue weighted by molar-refractivity contribution is 5.16. The van der Waals surface area contributed by atoms with Crippen molar-refractivity contribution in [1.29, 1.82) is 0 Å². The Morgan fingerprint density at radius 2 is 2.00 bits per heavy atom. The van der Waals surface area contributed by atoms with Crippen molar-refractivity contribution in [2.24, 2.45) is 5.73 Å². The Morgan fingerprint density at radius 3 is 2.77 bits per heavy atom. The summed E-state index contributed by atoms with van der Waals surface area (Å²) in [5, 5.41) is 0. The SMILES string of the molecule is NCCc1cnc2c(n1)CCCC2. The molecular formula is C10H15N3. The first-order valence-electron chi connectivity index (χ1n) is 4.94. The van der Waals surface area contributed by atoms with Crippen LogP contribution in [0.15, 0.2) is 6.20 Å². The molecule has 1 aliphatic rings. The Morgan fingerprint density at radius 1 is 1.23 bits per heavy atom. The molecule has 0 fully saturated rings. The maximum absolute atomic E-state index is 5.47. The van der Waals surface area contributed by atoms with Gasteiger partial charge in [-0.25, -0.2) is 0 Å². The van der Waals surface area contributed by atoms with Crippen LogP contribution in [0.3, 0.4) is 0 Å². The van der Waals surface area contributed by atoms with Crippen LogP contribution in [0.2, 0.25) is 0 Å². The van der Waals surface area contributed by atoms with Gasteiger partial charge in [0.05, 0.1) is 17.1 Å². The minimum atomic E-state index is 0.660. The molecule has 1 aliphatic carbocycles. The molecule has 0 aliphatic heterocycles. The maximum Gasteiger partial charge on any atom is 0.0622 e. The largest absolute Gasteiger partial charge is 0.330 e. The van der Waals surface area contributed by atoms with Crippen molar-refractivity contribution >= 4 is 0 Å². The summed E-state index contributed by atoms with van der Waals surface area (Å²) in [4.78, 5) is 8.98. The molecule has 70 valence electrons. The minimum Gasteiger partial charge on any atom is -0.330 e. The average Bonchev–Trinajstić information content (AvgIpc) is 2.18. The topological polar surface area (TPSA) is 51.8 Å². The zero-order valence-corrected chi connectivity index (χ0v) is 7.79. The second-order valence-corrected chi connectivity index (χ2v) is 3.50. The van der Waals surface area contributed by atoms with Gasteiger partial charge in [0, 0.05) is 12.6 Å². The summed E-state index contributed by atoms with van der Waals surface area (Å²) in [5.41, 5.74) is 8.92. The van der Waals surface area contributed by atoms with Gasteiger partial charge < -0.3 is 5.73 Å². The predicted molar refractivity (Wildman–Crippen MR) is 51.4 cm³/mol. The summed E-state index contributed by atoms with van der Waals surface area (Å²) < 4.78 is 0. The third-order valence-corrected chi connectivity index (χ3v) is 2.46. The first-order valence-corrected chi connectivity index (χ1v) is 4.94. The molecule has 3 heteroatoms. The van der Waals surface area contributed by atoms with Crippen LogP contribution in [0.1, 0.15) is 29.9 Å². The van der Waals surface area contributed by atoms with Crippen LogP contribution in [0.4, 0.5) is 0 Å². The number of hydrogen-bond acceptors (Lipinski definition) is 3. The van der Waals surface area contributed by atoms with Crippen molar-refractivity contribution in [3.8, 4) is 0 Å². The highest BCUT2D eigenvalue weighted by atomic mass is 14.8. The molecule has 0 aromatic carbocycles. The summed E-state index contributed by atoms with van der Waals surface area (Å²) >= 11 is 0. The zero-order chi connectivity index (χ0) is 9.10. The summed E-state index contributed by atoms with van der Waals surface area (Å²) in [6.45, 7) is 0.660. The first-order chi connectivity index (χ1) is 6.40. The normalized spacial score (nSPS) is 15.5. The van der Waals surface area contributed by atoms with Gasteiger partial charge in [0.2, 0.25) is 0 Å². The fourth-order valence-corrected chi connectivity index (χ4v) is 1.76. The van der Waals surface area contributed by atoms with Gasteiger partial charge in [0.25, 0.3) is 0 Å². The van der Waals surface area contributed by atoms with Crippen LogP contribution < -0.4 is 5.73 Å². The lowest BCUT2D eigenvalue weighted by molar-refractivity contribution is 0.642. The van der Waals surface area contributed by atoms with E-state index in [1.807, 2.05) is 6.20 Å². The van der Waals surface area contributed by atoms with Crippen LogP contribution in [-0.4, -0.2) is 16.5 Å². The number of rotatable bonds is 2. The highest BCUT2D eigenvalue weighted by Crippen LogP contribution is 2.17. The molecule has 0 atom stereocenters. The van der Waals surface area contributed by atoms with Gasteiger partial charge in [0.1, 0.15) is 0 Å². The Balaban J connectivity index is 2.24. The van der Waals surface area contributed by atoms with Gasteiger partial charge in [-0.1, -0.05) is 0 Å². The highest BCUT2D eigenvalue weighted by Gasteiger charge is 2.11. The number of hydrogen-bond donors (Lipinski definition) is 1. The van der Waals surface area contributed by atoms with E-state index < -0.39 is 0 Å². The number of aryl methyl sites for hydroxylation is 2. The van der Waals surface area contributed by atoms with Crippen LogP contribution in [0, 0.1) is 0 Å². The predicted octanol–water partition coefficient (Wildman–Crippen LogP) is 0.857. The first kappa shape index (κ1) is 8.63. The van der Waals surface area contributed by atoms with Crippen LogP contribution in [-0.2, 0) is 19.3 Å². The van der Waals surface area contributed by atoms with Gasteiger partial charge in [0.15, 0.2) is 0 Å². The molecule has 0 spiro atoms. The molecule has 3 nitrogen and oxygen atoms in total. The zero-order valence-electron chi connectivity index (χ0n) is 7.79. The lowest BCUT2D eigenvalue weighted by Crippen LogP contribution is -2.11. The third-order valence-electron chi connectivity index (χ3n) is 2.46. The molecule has 2 N–H and O–H groups in total. The third kappa shape index (κ3) is 1.86. The molecule has 0 unspecified atom stereocenters. The van der Waals surface area contributed by atoms with Crippen molar-refractivity contribution in [3.05, 3.63) is 23.3 Å². The molecule has 13 heavy (non-hydrogen) atoms. The Labute approximate surface area is 78.4 Å². The number of nitrogens with two attached hydrogens (primary N) is 1. The summed E-state index contributed by atoms with van der Waals surface area (Å²) in [5.74, 6) is 0. The van der Waals surface area contributed by atoms with Crippen LogP contribution in [0.5, 0.6) is 0 Å². The van der Waals surface area contributed by atoms with E-state index in [9.17, 15) is 0 Å². The second-order valence-electron chi connectivity index (χ2n) is 3.50. The number of aromatic nitrogens is 2. The molecule has 0 radical (unpaired) electrons. The monoisotopic (exact) mass is 177 g/mol. The van der Waals surface area contributed by atoms with E-state index in [0.29, 0.717) is 6.54 Å². The van der Waals surface area contributed by atoms with E-state index in [1.54, 1.807) is 0 Å². The van der Waals surface area contributed by atoms with E-state index in [2.05, 4.69) is 9.97 Å². The molecule has 1 aromatic heterocycles. The van der Waals surface area contributed by atoms with Crippen molar-refractivity contribution in [3.63, 3.8) is 0 Å². The van der Waals surface area contributed by atoms with E-state index >= 15 is 0 Å². The molecule has 0 saturated heterocycles. The van der Waals surface area contributed by atoms with E-state index in [1.165, 1.54) is 24.2 Å². The van der Waals surface area contributed by atoms with Gasteiger partial charge >= 0.3 is 0 Å². The van der Waals surface area contributed by atoms with Crippen molar-refractivity contribution in [1.82, 2.24) is 9.97 Å². The van der Waals surface area contributed by atoms with Crippen LogP contribution in [0.25, 0.3) is 0 Å². The summed E-state index contributed by atoms with van der Waals surface area (Å²) in [6.07, 6.45) is 7.44. The molecule has 0 bridgehead atoms. The maximum atomic E-state index is 5.47. The molecule has 1 aromatic rings. The average molecular weight is 177 g/mol. The number of nitrogens with zero attached hydrogens (tertiary/aromatic N) is 2. The molecule has 1 heterocycles. The molecular weight excluding hydrogens is 162 g/mol. The second kappa shape index (κ2) is 3.83. The summed E-state index contributed by atoms with van der Waals surface area (Å²) in [7, 11) is 0. The molecule has 2 rings (SSSR count). The lowest BCUT2D eigenvalue weighted by atomic mass is 10.0. The molecule has 0 amide bonds. The smallest absolute Gasteiger partial charge is 0.0622 e. The Bertz CT molecular complexity index is 296. The lowest BCUT2D eigenvalue weighted by Gasteiger charge is -2.13. The number of fused-ring (bicyclic) bond motifs is 1. The van der Waals surface area contributed by atoms with Crippen molar-refractivity contribution < 1.29 is 0 Å². The van der Waals surface area contributed by atoms with Crippen molar-refractivity contribution in [2.45, 2.75) is 32.1 Å². The van der Waals surface area contributed by atoms with Gasteiger partial charge in [-0.3, -0.25) is 9.97 Å².